The fourth-order valence-electron chi connectivity index (χ4n) is 2.32. The number of hydrogen-bond donors (Lipinski definition) is 0. The number of benzene rings is 1. The Labute approximate surface area is 99.6 Å². The summed E-state index contributed by atoms with van der Waals surface area (Å²) in [5.74, 6) is 0.250. The van der Waals surface area contributed by atoms with E-state index in [0.29, 0.717) is 0 Å². The average molecular weight is 226 g/mol. The zero-order valence-corrected chi connectivity index (χ0v) is 9.92. The van der Waals surface area contributed by atoms with E-state index in [1.165, 1.54) is 16.5 Å². The number of aromatic nitrogens is 2. The van der Waals surface area contributed by atoms with E-state index in [-0.39, 0.29) is 5.92 Å². The molecule has 0 amide bonds. The van der Waals surface area contributed by atoms with Gasteiger partial charge in [0.1, 0.15) is 6.26 Å². The van der Waals surface area contributed by atoms with Crippen LogP contribution in [0.2, 0.25) is 0 Å². The lowest BCUT2D eigenvalue weighted by Gasteiger charge is -2.05. The maximum absolute atomic E-state index is 4.92. The molecule has 0 spiro atoms. The van der Waals surface area contributed by atoms with Gasteiger partial charge in [0.25, 0.3) is 0 Å². The van der Waals surface area contributed by atoms with Crippen molar-refractivity contribution in [1.82, 2.24) is 9.72 Å². The second-order valence-corrected chi connectivity index (χ2v) is 4.36. The Balaban J connectivity index is 2.18. The molecule has 2 heterocycles. The van der Waals surface area contributed by atoms with Crippen molar-refractivity contribution in [1.29, 1.82) is 0 Å². The highest BCUT2D eigenvalue weighted by molar-refractivity contribution is 5.84. The fourth-order valence-corrected chi connectivity index (χ4v) is 2.32. The molecule has 86 valence electrons. The standard InChI is InChI=1S/C14H14N2O/c1-10(13-7-8-17-15-13)12-9-16(2)14-6-4-3-5-11(12)14/h3-10H,1-2H3. The Bertz CT molecular complexity index is 637. The third kappa shape index (κ3) is 1.55. The highest BCUT2D eigenvalue weighted by Crippen LogP contribution is 2.30. The number of para-hydroxylation sites is 1. The molecule has 3 rings (SSSR count). The van der Waals surface area contributed by atoms with Crippen molar-refractivity contribution >= 4 is 10.9 Å². The third-order valence-electron chi connectivity index (χ3n) is 3.30. The van der Waals surface area contributed by atoms with Crippen molar-refractivity contribution in [3.05, 3.63) is 54.0 Å². The van der Waals surface area contributed by atoms with Crippen molar-refractivity contribution in [3.63, 3.8) is 0 Å². The number of nitrogens with zero attached hydrogens (tertiary/aromatic N) is 2. The van der Waals surface area contributed by atoms with Gasteiger partial charge in [-0.05, 0) is 11.6 Å². The first-order chi connectivity index (χ1) is 8.27. The lowest BCUT2D eigenvalue weighted by molar-refractivity contribution is 0.409. The summed E-state index contributed by atoms with van der Waals surface area (Å²) in [5.41, 5.74) is 3.51. The summed E-state index contributed by atoms with van der Waals surface area (Å²) in [6.45, 7) is 2.15. The lowest BCUT2D eigenvalue weighted by atomic mass is 9.97. The highest BCUT2D eigenvalue weighted by Gasteiger charge is 2.16. The van der Waals surface area contributed by atoms with Gasteiger partial charge in [-0.3, -0.25) is 0 Å². The molecule has 2 aromatic heterocycles. The van der Waals surface area contributed by atoms with Gasteiger partial charge in [-0.25, -0.2) is 0 Å². The van der Waals surface area contributed by atoms with Crippen molar-refractivity contribution in [2.24, 2.45) is 7.05 Å². The first-order valence-corrected chi connectivity index (χ1v) is 5.71. The van der Waals surface area contributed by atoms with Crippen LogP contribution >= 0.6 is 0 Å². The van der Waals surface area contributed by atoms with Gasteiger partial charge < -0.3 is 9.09 Å². The molecular weight excluding hydrogens is 212 g/mol. The molecule has 17 heavy (non-hydrogen) atoms. The van der Waals surface area contributed by atoms with E-state index in [1.807, 2.05) is 6.07 Å². The summed E-state index contributed by atoms with van der Waals surface area (Å²) >= 11 is 0. The van der Waals surface area contributed by atoms with E-state index < -0.39 is 0 Å². The number of hydrogen-bond acceptors (Lipinski definition) is 2. The molecule has 0 aliphatic carbocycles. The van der Waals surface area contributed by atoms with Crippen LogP contribution in [0, 0.1) is 0 Å². The molecular formula is C14H14N2O. The molecule has 0 aliphatic rings. The van der Waals surface area contributed by atoms with E-state index in [0.717, 1.165) is 5.69 Å². The second kappa shape index (κ2) is 3.77. The molecule has 0 aliphatic heterocycles. The van der Waals surface area contributed by atoms with Crippen LogP contribution in [0.25, 0.3) is 10.9 Å². The van der Waals surface area contributed by atoms with E-state index in [4.69, 9.17) is 4.52 Å². The van der Waals surface area contributed by atoms with Crippen molar-refractivity contribution in [2.45, 2.75) is 12.8 Å². The summed E-state index contributed by atoms with van der Waals surface area (Å²) in [5, 5.41) is 5.31. The Morgan fingerprint density at radius 2 is 2.06 bits per heavy atom. The number of fused-ring (bicyclic) bond motifs is 1. The molecule has 0 saturated heterocycles. The van der Waals surface area contributed by atoms with Gasteiger partial charge in [0.2, 0.25) is 0 Å². The highest BCUT2D eigenvalue weighted by atomic mass is 16.5. The molecule has 0 radical (unpaired) electrons. The molecule has 0 bridgehead atoms. The van der Waals surface area contributed by atoms with Gasteiger partial charge in [0.05, 0.1) is 5.69 Å². The molecule has 1 aromatic carbocycles. The maximum atomic E-state index is 4.92. The van der Waals surface area contributed by atoms with E-state index in [2.05, 4.69) is 54.2 Å². The summed E-state index contributed by atoms with van der Waals surface area (Å²) in [4.78, 5) is 0. The number of rotatable bonds is 2. The summed E-state index contributed by atoms with van der Waals surface area (Å²) in [6, 6.07) is 10.3. The van der Waals surface area contributed by atoms with Crippen molar-refractivity contribution < 1.29 is 4.52 Å². The largest absolute Gasteiger partial charge is 0.364 e. The van der Waals surface area contributed by atoms with Crippen LogP contribution in [0.1, 0.15) is 24.1 Å². The van der Waals surface area contributed by atoms with E-state index >= 15 is 0 Å². The molecule has 1 unspecified atom stereocenters. The molecule has 0 N–H and O–H groups in total. The summed E-state index contributed by atoms with van der Waals surface area (Å²) < 4.78 is 7.07. The van der Waals surface area contributed by atoms with Crippen LogP contribution in [0.3, 0.4) is 0 Å². The first-order valence-electron chi connectivity index (χ1n) is 5.71. The molecule has 0 saturated carbocycles. The van der Waals surface area contributed by atoms with E-state index in [9.17, 15) is 0 Å². The maximum Gasteiger partial charge on any atom is 0.124 e. The summed E-state index contributed by atoms with van der Waals surface area (Å²) in [6.07, 6.45) is 3.79. The van der Waals surface area contributed by atoms with Gasteiger partial charge in [0, 0.05) is 36.1 Å². The predicted molar refractivity (Wildman–Crippen MR) is 66.9 cm³/mol. The van der Waals surface area contributed by atoms with E-state index in [1.54, 1.807) is 6.26 Å². The topological polar surface area (TPSA) is 31.0 Å². The SMILES string of the molecule is CC(c1ccon1)c1cn(C)c2ccccc12. The minimum Gasteiger partial charge on any atom is -0.364 e. The Morgan fingerprint density at radius 3 is 2.82 bits per heavy atom. The van der Waals surface area contributed by atoms with Crippen LogP contribution in [0.4, 0.5) is 0 Å². The minimum absolute atomic E-state index is 0.250. The Kier molecular flexibility index (Phi) is 2.25. The minimum atomic E-state index is 0.250. The Hall–Kier alpha value is -2.03. The van der Waals surface area contributed by atoms with Gasteiger partial charge in [0.15, 0.2) is 0 Å². The normalized spacial score (nSPS) is 13.1. The van der Waals surface area contributed by atoms with Crippen molar-refractivity contribution in [3.8, 4) is 0 Å². The average Bonchev–Trinajstić information content (AvgIpc) is 2.97. The van der Waals surface area contributed by atoms with Crippen LogP contribution < -0.4 is 0 Å². The van der Waals surface area contributed by atoms with Crippen LogP contribution in [-0.2, 0) is 7.05 Å². The molecule has 0 fully saturated rings. The monoisotopic (exact) mass is 226 g/mol. The second-order valence-electron chi connectivity index (χ2n) is 4.36. The molecule has 1 atom stereocenters. The van der Waals surface area contributed by atoms with Crippen LogP contribution in [-0.4, -0.2) is 9.72 Å². The van der Waals surface area contributed by atoms with Crippen LogP contribution in [0.15, 0.2) is 47.3 Å². The van der Waals surface area contributed by atoms with Gasteiger partial charge in [-0.15, -0.1) is 0 Å². The van der Waals surface area contributed by atoms with Gasteiger partial charge >= 0.3 is 0 Å². The van der Waals surface area contributed by atoms with Gasteiger partial charge in [-0.1, -0.05) is 30.3 Å². The van der Waals surface area contributed by atoms with Crippen LogP contribution in [0.5, 0.6) is 0 Å². The lowest BCUT2D eigenvalue weighted by Crippen LogP contribution is -1.95. The zero-order valence-electron chi connectivity index (χ0n) is 9.92. The third-order valence-corrected chi connectivity index (χ3v) is 3.30. The first kappa shape index (κ1) is 10.1. The predicted octanol–water partition coefficient (Wildman–Crippen LogP) is 3.32. The van der Waals surface area contributed by atoms with Crippen molar-refractivity contribution in [2.75, 3.05) is 0 Å². The molecule has 3 heteroatoms. The smallest absolute Gasteiger partial charge is 0.124 e. The fraction of sp³-hybridized carbons (Fsp3) is 0.214. The Morgan fingerprint density at radius 1 is 1.24 bits per heavy atom. The number of aryl methyl sites for hydroxylation is 1. The van der Waals surface area contributed by atoms with Gasteiger partial charge in [-0.2, -0.15) is 0 Å². The quantitative estimate of drug-likeness (QED) is 0.671. The molecule has 3 nitrogen and oxygen atoms in total. The summed E-state index contributed by atoms with van der Waals surface area (Å²) in [7, 11) is 2.07. The molecule has 3 aromatic rings. The zero-order chi connectivity index (χ0) is 11.8.